The second kappa shape index (κ2) is 9.40. The summed E-state index contributed by atoms with van der Waals surface area (Å²) in [6.45, 7) is 12.0. The van der Waals surface area contributed by atoms with Gasteiger partial charge in [-0.3, -0.25) is 0 Å². The van der Waals surface area contributed by atoms with Gasteiger partial charge in [0.15, 0.2) is 11.5 Å². The Bertz CT molecular complexity index is 1160. The third-order valence-corrected chi connectivity index (χ3v) is 6.93. The first-order valence-corrected chi connectivity index (χ1v) is 13.1. The molecule has 1 aliphatic carbocycles. The molecule has 0 spiro atoms. The van der Waals surface area contributed by atoms with Gasteiger partial charge in [0, 0.05) is 49.3 Å². The molecule has 3 aliphatic rings. The van der Waals surface area contributed by atoms with Crippen molar-refractivity contribution in [3.05, 3.63) is 24.5 Å². The van der Waals surface area contributed by atoms with Crippen LogP contribution in [0.1, 0.15) is 40.5 Å². The summed E-state index contributed by atoms with van der Waals surface area (Å²) < 4.78 is 12.0. The molecule has 3 N–H and O–H groups in total. The zero-order valence-corrected chi connectivity index (χ0v) is 21.5. The normalized spacial score (nSPS) is 26.9. The Morgan fingerprint density at radius 1 is 0.833 bits per heavy atom. The summed E-state index contributed by atoms with van der Waals surface area (Å²) in [5, 5.41) is 7.00. The highest BCUT2D eigenvalue weighted by atomic mass is 16.5. The minimum absolute atomic E-state index is 0.179. The van der Waals surface area contributed by atoms with Gasteiger partial charge in [-0.25, -0.2) is 4.98 Å². The van der Waals surface area contributed by atoms with Crippen LogP contribution in [-0.2, 0) is 9.47 Å². The number of benzene rings is 1. The summed E-state index contributed by atoms with van der Waals surface area (Å²) in [7, 11) is 0. The summed E-state index contributed by atoms with van der Waals surface area (Å²) in [6.07, 6.45) is 4.72. The zero-order valence-electron chi connectivity index (χ0n) is 21.5. The summed E-state index contributed by atoms with van der Waals surface area (Å²) in [5.41, 5.74) is 4.78. The van der Waals surface area contributed by atoms with Crippen molar-refractivity contribution in [3.8, 4) is 0 Å². The molecule has 4 heterocycles. The number of hydrogen-bond acceptors (Lipinski definition) is 9. The Balaban J connectivity index is 1.35. The maximum absolute atomic E-state index is 6.00. The standard InChI is InChI=1S/C26H36N8O2/c1-15-10-33(11-16(2)35-15)21-7-20(8-22(9-21)34-12-17(3)36-18(4)13-34)30-26-31-24-23(27-14-28-24)25(32-26)29-19-5-6-19/h7-9,14-19H,5-6,10-13H2,1-4H3,(H3,27,28,29,30,31,32). The molecule has 1 aromatic carbocycles. The molecule has 36 heavy (non-hydrogen) atoms. The zero-order chi connectivity index (χ0) is 24.8. The van der Waals surface area contributed by atoms with Crippen LogP contribution in [0.3, 0.4) is 0 Å². The summed E-state index contributed by atoms with van der Waals surface area (Å²) in [6, 6.07) is 7.14. The van der Waals surface area contributed by atoms with Crippen molar-refractivity contribution in [2.75, 3.05) is 46.6 Å². The van der Waals surface area contributed by atoms with E-state index < -0.39 is 0 Å². The number of morpholine rings is 2. The van der Waals surface area contributed by atoms with Crippen LogP contribution < -0.4 is 20.4 Å². The first-order chi connectivity index (χ1) is 17.4. The highest BCUT2D eigenvalue weighted by molar-refractivity contribution is 5.84. The van der Waals surface area contributed by atoms with Crippen molar-refractivity contribution in [1.29, 1.82) is 0 Å². The largest absolute Gasteiger partial charge is 0.372 e. The van der Waals surface area contributed by atoms with Crippen molar-refractivity contribution < 1.29 is 9.47 Å². The van der Waals surface area contributed by atoms with Gasteiger partial charge in [0.2, 0.25) is 5.95 Å². The van der Waals surface area contributed by atoms with Crippen LogP contribution in [0.25, 0.3) is 11.2 Å². The fraction of sp³-hybridized carbons (Fsp3) is 0.577. The van der Waals surface area contributed by atoms with E-state index >= 15 is 0 Å². The molecule has 3 aromatic rings. The summed E-state index contributed by atoms with van der Waals surface area (Å²) in [5.74, 6) is 1.33. The molecule has 3 fully saturated rings. The van der Waals surface area contributed by atoms with E-state index in [0.717, 1.165) is 43.2 Å². The fourth-order valence-electron chi connectivity index (χ4n) is 5.35. The van der Waals surface area contributed by atoms with Gasteiger partial charge in [0.1, 0.15) is 5.52 Å². The van der Waals surface area contributed by atoms with Crippen molar-refractivity contribution in [1.82, 2.24) is 19.9 Å². The van der Waals surface area contributed by atoms with Crippen molar-refractivity contribution in [2.45, 2.75) is 71.0 Å². The van der Waals surface area contributed by atoms with E-state index in [2.05, 4.69) is 81.3 Å². The number of ether oxygens (including phenoxy) is 2. The van der Waals surface area contributed by atoms with Crippen LogP contribution in [0.4, 0.5) is 28.8 Å². The van der Waals surface area contributed by atoms with Gasteiger partial charge >= 0.3 is 0 Å². The van der Waals surface area contributed by atoms with Crippen LogP contribution >= 0.6 is 0 Å². The number of hydrogen-bond donors (Lipinski definition) is 3. The smallest absolute Gasteiger partial charge is 0.231 e. The third-order valence-electron chi connectivity index (χ3n) is 6.93. The lowest BCUT2D eigenvalue weighted by atomic mass is 10.1. The van der Waals surface area contributed by atoms with Crippen molar-refractivity contribution in [2.24, 2.45) is 0 Å². The number of rotatable bonds is 6. The molecule has 2 saturated heterocycles. The average molecular weight is 493 g/mol. The summed E-state index contributed by atoms with van der Waals surface area (Å²) >= 11 is 0. The Morgan fingerprint density at radius 2 is 1.42 bits per heavy atom. The Hall–Kier alpha value is -3.11. The van der Waals surface area contributed by atoms with Gasteiger partial charge in [-0.05, 0) is 58.7 Å². The third kappa shape index (κ3) is 5.05. The number of nitrogens with one attached hydrogen (secondary N) is 3. The second-order valence-corrected chi connectivity index (χ2v) is 10.6. The maximum Gasteiger partial charge on any atom is 0.231 e. The van der Waals surface area contributed by atoms with E-state index in [1.54, 1.807) is 6.33 Å². The molecular weight excluding hydrogens is 456 g/mol. The number of fused-ring (bicyclic) bond motifs is 1. The molecule has 0 radical (unpaired) electrons. The number of imidazole rings is 1. The molecule has 4 unspecified atom stereocenters. The van der Waals surface area contributed by atoms with Gasteiger partial charge in [-0.15, -0.1) is 0 Å². The molecule has 10 nitrogen and oxygen atoms in total. The number of anilines is 5. The fourth-order valence-corrected chi connectivity index (χ4v) is 5.35. The van der Waals surface area contributed by atoms with Gasteiger partial charge in [-0.1, -0.05) is 0 Å². The molecule has 0 bridgehead atoms. The highest BCUT2D eigenvalue weighted by Crippen LogP contribution is 2.33. The van der Waals surface area contributed by atoms with E-state index in [9.17, 15) is 0 Å². The lowest BCUT2D eigenvalue weighted by Crippen LogP contribution is -2.46. The van der Waals surface area contributed by atoms with E-state index in [0.29, 0.717) is 17.6 Å². The van der Waals surface area contributed by atoms with E-state index in [1.165, 1.54) is 24.2 Å². The Labute approximate surface area is 211 Å². The van der Waals surface area contributed by atoms with Crippen LogP contribution in [0.15, 0.2) is 24.5 Å². The van der Waals surface area contributed by atoms with E-state index in [1.807, 2.05) is 0 Å². The molecule has 1 saturated carbocycles. The maximum atomic E-state index is 6.00. The minimum Gasteiger partial charge on any atom is -0.372 e. The van der Waals surface area contributed by atoms with Gasteiger partial charge in [0.25, 0.3) is 0 Å². The molecule has 0 amide bonds. The first-order valence-electron chi connectivity index (χ1n) is 13.1. The predicted octanol–water partition coefficient (Wildman–Crippen LogP) is 3.90. The lowest BCUT2D eigenvalue weighted by molar-refractivity contribution is -0.00533. The molecule has 4 atom stereocenters. The Morgan fingerprint density at radius 3 is 1.97 bits per heavy atom. The number of H-pyrrole nitrogens is 1. The van der Waals surface area contributed by atoms with E-state index in [-0.39, 0.29) is 24.4 Å². The second-order valence-electron chi connectivity index (χ2n) is 10.6. The quantitative estimate of drug-likeness (QED) is 0.473. The predicted molar refractivity (Wildman–Crippen MR) is 142 cm³/mol. The van der Waals surface area contributed by atoms with Gasteiger partial charge < -0.3 is 34.9 Å². The SMILES string of the molecule is CC1CN(c2cc(Nc3nc(NC4CC4)c4[nH]cnc4n3)cc(N3CC(C)OC(C)C3)c2)CC(C)O1. The van der Waals surface area contributed by atoms with Crippen LogP contribution in [-0.4, -0.2) is 76.6 Å². The number of aromatic nitrogens is 4. The first kappa shape index (κ1) is 23.3. The molecule has 192 valence electrons. The van der Waals surface area contributed by atoms with Crippen LogP contribution in [0.5, 0.6) is 0 Å². The van der Waals surface area contributed by atoms with Crippen molar-refractivity contribution in [3.63, 3.8) is 0 Å². The number of nitrogens with zero attached hydrogens (tertiary/aromatic N) is 5. The Kier molecular flexibility index (Phi) is 6.08. The van der Waals surface area contributed by atoms with Crippen LogP contribution in [0, 0.1) is 0 Å². The molecule has 2 aliphatic heterocycles. The monoisotopic (exact) mass is 492 g/mol. The van der Waals surface area contributed by atoms with Gasteiger partial charge in [0.05, 0.1) is 30.7 Å². The molecule has 6 rings (SSSR count). The summed E-state index contributed by atoms with van der Waals surface area (Å²) in [4.78, 5) is 21.9. The highest BCUT2D eigenvalue weighted by Gasteiger charge is 2.27. The molecule has 10 heteroatoms. The molecule has 2 aromatic heterocycles. The van der Waals surface area contributed by atoms with Crippen LogP contribution in [0.2, 0.25) is 0 Å². The average Bonchev–Trinajstić information content (AvgIpc) is 3.50. The number of aromatic amines is 1. The van der Waals surface area contributed by atoms with Crippen molar-refractivity contribution >= 4 is 40.0 Å². The van der Waals surface area contributed by atoms with Gasteiger partial charge in [-0.2, -0.15) is 9.97 Å². The minimum atomic E-state index is 0.179. The lowest BCUT2D eigenvalue weighted by Gasteiger charge is -2.39. The van der Waals surface area contributed by atoms with E-state index in [4.69, 9.17) is 14.5 Å². The molecular formula is C26H36N8O2. The topological polar surface area (TPSA) is 103 Å².